The third-order valence-electron chi connectivity index (χ3n) is 2.90. The number of amides is 1. The summed E-state index contributed by atoms with van der Waals surface area (Å²) in [6.45, 7) is 2.86. The Morgan fingerprint density at radius 3 is 3.10 bits per heavy atom. The summed E-state index contributed by atoms with van der Waals surface area (Å²) in [5.74, 6) is 0.463. The Morgan fingerprint density at radius 2 is 2.35 bits per heavy atom. The van der Waals surface area contributed by atoms with Crippen LogP contribution < -0.4 is 11.1 Å². The maximum Gasteiger partial charge on any atom is 0.234 e. The summed E-state index contributed by atoms with van der Waals surface area (Å²) in [6.07, 6.45) is 3.59. The van der Waals surface area contributed by atoms with Crippen LogP contribution in [0.5, 0.6) is 0 Å². The summed E-state index contributed by atoms with van der Waals surface area (Å²) in [4.78, 5) is 11.3. The fraction of sp³-hybridized carbons (Fsp3) is 0.462. The number of rotatable bonds is 8. The van der Waals surface area contributed by atoms with Gasteiger partial charge in [0, 0.05) is 11.9 Å². The molecule has 6 nitrogen and oxygen atoms in total. The van der Waals surface area contributed by atoms with E-state index in [2.05, 4.69) is 22.4 Å². The van der Waals surface area contributed by atoms with Crippen LogP contribution in [-0.2, 0) is 4.79 Å². The molecule has 0 aliphatic heterocycles. The molecule has 0 saturated heterocycles. The molecule has 2 aromatic rings. The van der Waals surface area contributed by atoms with Gasteiger partial charge >= 0.3 is 0 Å². The molecule has 3 N–H and O–H groups in total. The highest BCUT2D eigenvalue weighted by atomic mass is 32.2. The zero-order chi connectivity index (χ0) is 14.4. The number of thioether (sulfide) groups is 1. The number of nitrogens with zero attached hydrogens (tertiary/aromatic N) is 3. The molecule has 0 aliphatic carbocycles. The van der Waals surface area contributed by atoms with Crippen molar-refractivity contribution >= 4 is 23.3 Å². The summed E-state index contributed by atoms with van der Waals surface area (Å²) in [5.41, 5.74) is 6.21. The molecule has 1 atom stereocenters. The van der Waals surface area contributed by atoms with Crippen molar-refractivity contribution in [3.05, 3.63) is 24.4 Å². The van der Waals surface area contributed by atoms with Crippen molar-refractivity contribution in [1.29, 1.82) is 0 Å². The smallest absolute Gasteiger partial charge is 0.234 e. The maximum atomic E-state index is 11.3. The first kappa shape index (κ1) is 14.8. The van der Waals surface area contributed by atoms with Crippen LogP contribution in [0.3, 0.4) is 0 Å². The van der Waals surface area contributed by atoms with E-state index in [1.807, 2.05) is 28.8 Å². The lowest BCUT2D eigenvalue weighted by atomic mass is 10.2. The van der Waals surface area contributed by atoms with E-state index in [0.717, 1.165) is 29.5 Å². The van der Waals surface area contributed by atoms with Gasteiger partial charge in [-0.2, -0.15) is 0 Å². The predicted octanol–water partition coefficient (Wildman–Crippen LogP) is 1.06. The van der Waals surface area contributed by atoms with Gasteiger partial charge in [0.05, 0.1) is 6.04 Å². The fourth-order valence-electron chi connectivity index (χ4n) is 1.85. The van der Waals surface area contributed by atoms with E-state index in [1.54, 1.807) is 11.8 Å². The molecule has 0 aliphatic rings. The second kappa shape index (κ2) is 7.25. The van der Waals surface area contributed by atoms with Crippen LogP contribution in [0.4, 0.5) is 0 Å². The minimum absolute atomic E-state index is 0.276. The molecule has 20 heavy (non-hydrogen) atoms. The molecule has 7 heteroatoms. The average Bonchev–Trinajstić information content (AvgIpc) is 2.85. The number of hydrogen-bond donors (Lipinski definition) is 2. The third kappa shape index (κ3) is 3.71. The number of pyridine rings is 1. The van der Waals surface area contributed by atoms with Gasteiger partial charge < -0.3 is 11.1 Å². The zero-order valence-electron chi connectivity index (χ0n) is 11.5. The van der Waals surface area contributed by atoms with Gasteiger partial charge in [-0.05, 0) is 31.5 Å². The van der Waals surface area contributed by atoms with E-state index in [9.17, 15) is 4.79 Å². The molecule has 0 saturated carbocycles. The van der Waals surface area contributed by atoms with E-state index >= 15 is 0 Å². The summed E-state index contributed by atoms with van der Waals surface area (Å²) in [7, 11) is 0. The van der Waals surface area contributed by atoms with Crippen LogP contribution in [-0.4, -0.2) is 38.8 Å². The van der Waals surface area contributed by atoms with Crippen LogP contribution in [0.15, 0.2) is 29.6 Å². The average molecular weight is 293 g/mol. The van der Waals surface area contributed by atoms with Gasteiger partial charge in [0.15, 0.2) is 10.8 Å². The highest BCUT2D eigenvalue weighted by Crippen LogP contribution is 2.18. The predicted molar refractivity (Wildman–Crippen MR) is 79.6 cm³/mol. The van der Waals surface area contributed by atoms with Crippen LogP contribution in [0.1, 0.15) is 19.8 Å². The number of carbonyl (C=O) groups is 1. The number of primary amides is 1. The first-order chi connectivity index (χ1) is 9.72. The highest BCUT2D eigenvalue weighted by Gasteiger charge is 2.14. The molecule has 2 aromatic heterocycles. The van der Waals surface area contributed by atoms with E-state index in [-0.39, 0.29) is 11.9 Å². The van der Waals surface area contributed by atoms with Gasteiger partial charge in [-0.25, -0.2) is 0 Å². The van der Waals surface area contributed by atoms with Crippen molar-refractivity contribution in [2.75, 3.05) is 12.3 Å². The SMILES string of the molecule is CCCNC(CCSc1nnc2ccccn12)C(N)=O. The molecule has 0 bridgehead atoms. The first-order valence-electron chi connectivity index (χ1n) is 6.67. The van der Waals surface area contributed by atoms with Crippen molar-refractivity contribution < 1.29 is 4.79 Å². The normalized spacial score (nSPS) is 12.7. The first-order valence-corrected chi connectivity index (χ1v) is 7.66. The van der Waals surface area contributed by atoms with Gasteiger partial charge in [0.25, 0.3) is 0 Å². The Labute approximate surface area is 122 Å². The fourth-order valence-corrected chi connectivity index (χ4v) is 2.78. The molecule has 0 spiro atoms. The van der Waals surface area contributed by atoms with Gasteiger partial charge in [0.1, 0.15) is 0 Å². The number of hydrogen-bond acceptors (Lipinski definition) is 5. The molecule has 1 unspecified atom stereocenters. The molecular weight excluding hydrogens is 274 g/mol. The van der Waals surface area contributed by atoms with Crippen molar-refractivity contribution in [1.82, 2.24) is 19.9 Å². The summed E-state index contributed by atoms with van der Waals surface area (Å²) in [5, 5.41) is 12.2. The summed E-state index contributed by atoms with van der Waals surface area (Å²) >= 11 is 1.58. The second-order valence-electron chi connectivity index (χ2n) is 4.46. The van der Waals surface area contributed by atoms with Gasteiger partial charge in [-0.1, -0.05) is 24.8 Å². The van der Waals surface area contributed by atoms with E-state index < -0.39 is 0 Å². The largest absolute Gasteiger partial charge is 0.368 e. The van der Waals surface area contributed by atoms with Crippen LogP contribution in [0.2, 0.25) is 0 Å². The van der Waals surface area contributed by atoms with Crippen LogP contribution >= 0.6 is 11.8 Å². The zero-order valence-corrected chi connectivity index (χ0v) is 12.3. The molecule has 0 radical (unpaired) electrons. The second-order valence-corrected chi connectivity index (χ2v) is 5.52. The maximum absolute atomic E-state index is 11.3. The quantitative estimate of drug-likeness (QED) is 0.711. The van der Waals surface area contributed by atoms with Crippen molar-refractivity contribution in [2.45, 2.75) is 31.0 Å². The monoisotopic (exact) mass is 293 g/mol. The molecular formula is C13H19N5OS. The van der Waals surface area contributed by atoms with Crippen LogP contribution in [0, 0.1) is 0 Å². The van der Waals surface area contributed by atoms with Crippen molar-refractivity contribution in [2.24, 2.45) is 5.73 Å². The number of carbonyl (C=O) groups excluding carboxylic acids is 1. The topological polar surface area (TPSA) is 85.3 Å². The van der Waals surface area contributed by atoms with Gasteiger partial charge in [-0.3, -0.25) is 9.20 Å². The lowest BCUT2D eigenvalue weighted by Crippen LogP contribution is -2.41. The minimum atomic E-state index is -0.301. The molecule has 2 rings (SSSR count). The Kier molecular flexibility index (Phi) is 5.37. The standard InChI is InChI=1S/C13H19N5OS/c1-2-7-15-10(12(14)19)6-9-20-13-17-16-11-5-3-4-8-18(11)13/h3-5,8,10,15H,2,6-7,9H2,1H3,(H2,14,19). The number of nitrogens with one attached hydrogen (secondary N) is 1. The lowest BCUT2D eigenvalue weighted by Gasteiger charge is -2.13. The van der Waals surface area contributed by atoms with Gasteiger partial charge in [0.2, 0.25) is 5.91 Å². The highest BCUT2D eigenvalue weighted by molar-refractivity contribution is 7.99. The molecule has 108 valence electrons. The molecule has 2 heterocycles. The van der Waals surface area contributed by atoms with Gasteiger partial charge in [-0.15, -0.1) is 10.2 Å². The number of aromatic nitrogens is 3. The third-order valence-corrected chi connectivity index (χ3v) is 3.88. The van der Waals surface area contributed by atoms with Crippen LogP contribution in [0.25, 0.3) is 5.65 Å². The summed E-state index contributed by atoms with van der Waals surface area (Å²) < 4.78 is 1.93. The number of nitrogens with two attached hydrogens (primary N) is 1. The van der Waals surface area contributed by atoms with E-state index in [0.29, 0.717) is 6.42 Å². The lowest BCUT2D eigenvalue weighted by molar-refractivity contribution is -0.120. The van der Waals surface area contributed by atoms with E-state index in [1.165, 1.54) is 0 Å². The Balaban J connectivity index is 1.89. The molecule has 1 amide bonds. The Morgan fingerprint density at radius 1 is 1.50 bits per heavy atom. The Hall–Kier alpha value is -1.60. The van der Waals surface area contributed by atoms with Crippen molar-refractivity contribution in [3.63, 3.8) is 0 Å². The number of fused-ring (bicyclic) bond motifs is 1. The minimum Gasteiger partial charge on any atom is -0.368 e. The van der Waals surface area contributed by atoms with E-state index in [4.69, 9.17) is 5.73 Å². The van der Waals surface area contributed by atoms with Crippen molar-refractivity contribution in [3.8, 4) is 0 Å². The molecule has 0 fully saturated rings. The molecule has 0 aromatic carbocycles. The Bertz CT molecular complexity index is 571. The summed E-state index contributed by atoms with van der Waals surface area (Å²) in [6, 6.07) is 5.50.